The summed E-state index contributed by atoms with van der Waals surface area (Å²) in [7, 11) is 0. The molecule has 10 heteroatoms. The van der Waals surface area contributed by atoms with Crippen LogP contribution in [0.25, 0.3) is 0 Å². The van der Waals surface area contributed by atoms with Crippen LogP contribution < -0.4 is 10.5 Å². The Morgan fingerprint density at radius 1 is 0.556 bits per heavy atom. The lowest BCUT2D eigenvalue weighted by molar-refractivity contribution is -0.305. The van der Waals surface area contributed by atoms with Gasteiger partial charge in [0.05, 0.1) is 22.7 Å². The summed E-state index contributed by atoms with van der Waals surface area (Å²) in [4.78, 5) is 43.7. The van der Waals surface area contributed by atoms with E-state index in [0.29, 0.717) is 22.7 Å². The SMILES string of the molecule is O=C=Nc1ccccc1Sc1ccc(N2ON(c3ccc(Sc4ccccc4N=C=O)cc3)O2)cc1. The van der Waals surface area contributed by atoms with Gasteiger partial charge in [-0.25, -0.2) is 9.59 Å². The van der Waals surface area contributed by atoms with Crippen LogP contribution in [0, 0.1) is 0 Å². The van der Waals surface area contributed by atoms with Crippen LogP contribution in [-0.2, 0) is 19.5 Å². The molecule has 36 heavy (non-hydrogen) atoms. The van der Waals surface area contributed by atoms with Crippen LogP contribution in [0.15, 0.2) is 127 Å². The van der Waals surface area contributed by atoms with Crippen molar-refractivity contribution >= 4 is 58.4 Å². The predicted molar refractivity (Wildman–Crippen MR) is 137 cm³/mol. The molecule has 0 radical (unpaired) electrons. The number of para-hydroxylation sites is 2. The standard InChI is InChI=1S/C26H16N4O4S2/c31-17-27-23-5-1-3-7-25(23)35-21-13-9-19(10-14-21)29-33-30(34-29)20-11-15-22(16-12-20)36-26-8-4-2-6-24(26)28-18-32/h1-16H. The molecule has 0 atom stereocenters. The lowest BCUT2D eigenvalue weighted by Crippen LogP contribution is -2.50. The predicted octanol–water partition coefficient (Wildman–Crippen LogP) is 6.94. The van der Waals surface area contributed by atoms with E-state index in [9.17, 15) is 9.59 Å². The summed E-state index contributed by atoms with van der Waals surface area (Å²) in [5.74, 6) is 0. The highest BCUT2D eigenvalue weighted by Gasteiger charge is 2.30. The van der Waals surface area contributed by atoms with Crippen LogP contribution in [0.2, 0.25) is 0 Å². The molecule has 0 aromatic heterocycles. The van der Waals surface area contributed by atoms with Crippen LogP contribution in [0.5, 0.6) is 0 Å². The lowest BCUT2D eigenvalue weighted by Gasteiger charge is -2.38. The summed E-state index contributed by atoms with van der Waals surface area (Å²) in [6, 6.07) is 29.9. The van der Waals surface area contributed by atoms with Crippen molar-refractivity contribution in [2.75, 3.05) is 10.5 Å². The van der Waals surface area contributed by atoms with Gasteiger partial charge in [-0.3, -0.25) is 0 Å². The van der Waals surface area contributed by atoms with Crippen molar-refractivity contribution in [2.24, 2.45) is 9.98 Å². The first kappa shape index (κ1) is 23.6. The second-order valence-electron chi connectivity index (χ2n) is 7.21. The van der Waals surface area contributed by atoms with Crippen molar-refractivity contribution in [3.8, 4) is 0 Å². The fraction of sp³-hybridized carbons (Fsp3) is 0. The van der Waals surface area contributed by atoms with E-state index in [0.717, 1.165) is 19.6 Å². The number of rotatable bonds is 8. The number of carbonyl (C=O) groups excluding carboxylic acids is 2. The summed E-state index contributed by atoms with van der Waals surface area (Å²) in [5, 5.41) is 2.60. The largest absolute Gasteiger partial charge is 0.240 e. The van der Waals surface area contributed by atoms with Crippen LogP contribution in [0.4, 0.5) is 22.7 Å². The maximum Gasteiger partial charge on any atom is 0.240 e. The van der Waals surface area contributed by atoms with E-state index in [4.69, 9.17) is 9.88 Å². The molecular weight excluding hydrogens is 496 g/mol. The van der Waals surface area contributed by atoms with Crippen molar-refractivity contribution in [1.82, 2.24) is 0 Å². The zero-order valence-electron chi connectivity index (χ0n) is 18.5. The van der Waals surface area contributed by atoms with Gasteiger partial charge in [-0.1, -0.05) is 68.1 Å². The summed E-state index contributed by atoms with van der Waals surface area (Å²) in [6.45, 7) is 0. The van der Waals surface area contributed by atoms with Gasteiger partial charge in [-0.2, -0.15) is 9.98 Å². The van der Waals surface area contributed by atoms with Gasteiger partial charge in [0.2, 0.25) is 12.2 Å². The third kappa shape index (κ3) is 5.40. The van der Waals surface area contributed by atoms with Gasteiger partial charge in [0.15, 0.2) is 0 Å². The molecule has 4 aromatic carbocycles. The molecule has 176 valence electrons. The summed E-state index contributed by atoms with van der Waals surface area (Å²) in [5.41, 5.74) is 2.59. The van der Waals surface area contributed by atoms with Gasteiger partial charge >= 0.3 is 0 Å². The molecule has 0 aliphatic carbocycles. The van der Waals surface area contributed by atoms with Gasteiger partial charge in [-0.05, 0) is 72.8 Å². The van der Waals surface area contributed by atoms with E-state index in [1.807, 2.05) is 84.9 Å². The minimum Gasteiger partial charge on any atom is -0.211 e. The molecule has 4 aromatic rings. The molecule has 8 nitrogen and oxygen atoms in total. The molecule has 0 spiro atoms. The van der Waals surface area contributed by atoms with E-state index >= 15 is 0 Å². The summed E-state index contributed by atoms with van der Waals surface area (Å²) < 4.78 is 0. The van der Waals surface area contributed by atoms with Crippen LogP contribution in [0.3, 0.4) is 0 Å². The van der Waals surface area contributed by atoms with E-state index in [1.165, 1.54) is 34.0 Å². The smallest absolute Gasteiger partial charge is 0.211 e. The summed E-state index contributed by atoms with van der Waals surface area (Å²) in [6.07, 6.45) is 3.17. The van der Waals surface area contributed by atoms with Crippen LogP contribution >= 0.6 is 23.5 Å². The molecular formula is C26H16N4O4S2. The van der Waals surface area contributed by atoms with Gasteiger partial charge in [0, 0.05) is 19.6 Å². The highest BCUT2D eigenvalue weighted by Crippen LogP contribution is 2.38. The zero-order valence-corrected chi connectivity index (χ0v) is 20.1. The van der Waals surface area contributed by atoms with Crippen LogP contribution in [0.1, 0.15) is 0 Å². The minimum atomic E-state index is 0.578. The molecule has 0 bridgehead atoms. The Balaban J connectivity index is 1.18. The molecule has 1 fully saturated rings. The highest BCUT2D eigenvalue weighted by molar-refractivity contribution is 7.99. The Hall–Kier alpha value is -4.14. The summed E-state index contributed by atoms with van der Waals surface area (Å²) >= 11 is 2.99. The third-order valence-corrected chi connectivity index (χ3v) is 7.06. The van der Waals surface area contributed by atoms with E-state index < -0.39 is 0 Å². The molecule has 5 rings (SSSR count). The fourth-order valence-electron chi connectivity index (χ4n) is 3.23. The average Bonchev–Trinajstić information content (AvgIpc) is 2.88. The second kappa shape index (κ2) is 11.1. The van der Waals surface area contributed by atoms with Crippen molar-refractivity contribution in [3.63, 3.8) is 0 Å². The molecule has 0 N–H and O–H groups in total. The molecule has 0 unspecified atom stereocenters. The topological polar surface area (TPSA) is 83.8 Å². The Kier molecular flexibility index (Phi) is 7.25. The fourth-order valence-corrected chi connectivity index (χ4v) is 5.01. The first-order chi connectivity index (χ1) is 17.7. The van der Waals surface area contributed by atoms with Gasteiger partial charge in [-0.15, -0.1) is 0 Å². The Morgan fingerprint density at radius 3 is 1.33 bits per heavy atom. The molecule has 1 heterocycles. The first-order valence-electron chi connectivity index (χ1n) is 10.6. The number of benzene rings is 4. The third-order valence-electron chi connectivity index (χ3n) is 4.91. The number of hydrogen-bond acceptors (Lipinski definition) is 10. The highest BCUT2D eigenvalue weighted by atomic mass is 32.2. The number of nitrogens with zero attached hydrogens (tertiary/aromatic N) is 4. The number of aliphatic imine (C=N–C) groups is 2. The Morgan fingerprint density at radius 2 is 0.944 bits per heavy atom. The number of isocyanates is 2. The molecule has 0 amide bonds. The number of anilines is 2. The molecule has 0 saturated carbocycles. The van der Waals surface area contributed by atoms with Gasteiger partial charge in [0.1, 0.15) is 0 Å². The molecule has 1 aliphatic rings. The first-order valence-corrected chi connectivity index (χ1v) is 12.2. The van der Waals surface area contributed by atoms with E-state index in [-0.39, 0.29) is 0 Å². The second-order valence-corrected chi connectivity index (χ2v) is 9.44. The Bertz CT molecular complexity index is 1350. The molecule has 1 aliphatic heterocycles. The normalized spacial score (nSPS) is 12.3. The van der Waals surface area contributed by atoms with E-state index in [2.05, 4.69) is 9.98 Å². The quantitative estimate of drug-likeness (QED) is 0.185. The van der Waals surface area contributed by atoms with Crippen LogP contribution in [-0.4, -0.2) is 12.2 Å². The van der Waals surface area contributed by atoms with Crippen molar-refractivity contribution in [1.29, 1.82) is 0 Å². The zero-order chi connectivity index (χ0) is 24.7. The minimum absolute atomic E-state index is 0.578. The van der Waals surface area contributed by atoms with Crippen molar-refractivity contribution < 1.29 is 19.5 Å². The molecule has 1 saturated heterocycles. The van der Waals surface area contributed by atoms with E-state index in [1.54, 1.807) is 24.3 Å². The monoisotopic (exact) mass is 512 g/mol. The van der Waals surface area contributed by atoms with Gasteiger partial charge < -0.3 is 0 Å². The lowest BCUT2D eigenvalue weighted by atomic mass is 10.3. The van der Waals surface area contributed by atoms with Crippen molar-refractivity contribution in [2.45, 2.75) is 19.6 Å². The van der Waals surface area contributed by atoms with Crippen molar-refractivity contribution in [3.05, 3.63) is 97.1 Å². The average molecular weight is 513 g/mol. The Labute approximate surface area is 214 Å². The number of hydrogen-bond donors (Lipinski definition) is 0. The maximum absolute atomic E-state index is 10.6. The maximum atomic E-state index is 10.6. The van der Waals surface area contributed by atoms with Gasteiger partial charge in [0.25, 0.3) is 0 Å².